The number of allylic oxidation sites excluding steroid dienone is 1. The molecule has 0 bridgehead atoms. The predicted molar refractivity (Wildman–Crippen MR) is 58.5 cm³/mol. The van der Waals surface area contributed by atoms with E-state index in [4.69, 9.17) is 5.73 Å². The number of aryl methyl sites for hydroxylation is 1. The van der Waals surface area contributed by atoms with Gasteiger partial charge in [-0.1, -0.05) is 36.4 Å². The van der Waals surface area contributed by atoms with Crippen molar-refractivity contribution in [3.05, 3.63) is 42.0 Å². The zero-order valence-corrected chi connectivity index (χ0v) is 8.22. The van der Waals surface area contributed by atoms with E-state index in [1.807, 2.05) is 6.92 Å². The Morgan fingerprint density at radius 3 is 2.38 bits per heavy atom. The smallest absolute Gasteiger partial charge is 0.00741 e. The number of nitrogens with two attached hydrogens (primary N) is 1. The van der Waals surface area contributed by atoms with E-state index in [9.17, 15) is 0 Å². The highest BCUT2D eigenvalue weighted by Gasteiger charge is 1.94. The van der Waals surface area contributed by atoms with E-state index >= 15 is 0 Å². The Morgan fingerprint density at radius 1 is 1.31 bits per heavy atom. The molecule has 0 fully saturated rings. The Bertz CT molecular complexity index is 272. The molecule has 1 heteroatoms. The predicted octanol–water partition coefficient (Wildman–Crippen LogP) is 2.61. The largest absolute Gasteiger partial charge is 0.330 e. The van der Waals surface area contributed by atoms with Gasteiger partial charge in [-0.3, -0.25) is 0 Å². The van der Waals surface area contributed by atoms with E-state index in [0.717, 1.165) is 25.0 Å². The molecule has 1 rings (SSSR count). The molecule has 2 N–H and O–H groups in total. The Morgan fingerprint density at radius 2 is 1.92 bits per heavy atom. The summed E-state index contributed by atoms with van der Waals surface area (Å²) in [5.41, 5.74) is 9.13. The summed E-state index contributed by atoms with van der Waals surface area (Å²) in [6, 6.07) is 8.54. The van der Waals surface area contributed by atoms with Gasteiger partial charge in [0.15, 0.2) is 0 Å². The lowest BCUT2D eigenvalue weighted by Crippen LogP contribution is -2.00. The standard InChI is InChI=1S/C12H17N/c1-10(2)12-7-5-11(6-8-12)4-3-9-13/h5-8H,1,3-4,9,13H2,2H3. The Hall–Kier alpha value is -1.08. The fraction of sp³-hybridized carbons (Fsp3) is 0.333. The van der Waals surface area contributed by atoms with E-state index in [2.05, 4.69) is 30.8 Å². The van der Waals surface area contributed by atoms with E-state index in [1.165, 1.54) is 11.1 Å². The number of hydrogen-bond donors (Lipinski definition) is 1. The summed E-state index contributed by atoms with van der Waals surface area (Å²) in [5.74, 6) is 0. The molecular formula is C12H17N. The zero-order chi connectivity index (χ0) is 9.68. The van der Waals surface area contributed by atoms with Crippen molar-refractivity contribution < 1.29 is 0 Å². The molecule has 0 saturated carbocycles. The first-order valence-corrected chi connectivity index (χ1v) is 4.69. The van der Waals surface area contributed by atoms with Gasteiger partial charge in [0.1, 0.15) is 0 Å². The summed E-state index contributed by atoms with van der Waals surface area (Å²) in [6.45, 7) is 6.69. The van der Waals surface area contributed by atoms with Crippen LogP contribution in [-0.4, -0.2) is 6.54 Å². The summed E-state index contributed by atoms with van der Waals surface area (Å²) in [4.78, 5) is 0. The molecule has 0 aliphatic carbocycles. The second kappa shape index (κ2) is 4.83. The maximum absolute atomic E-state index is 5.44. The van der Waals surface area contributed by atoms with Crippen molar-refractivity contribution >= 4 is 5.57 Å². The topological polar surface area (TPSA) is 26.0 Å². The van der Waals surface area contributed by atoms with Crippen LogP contribution >= 0.6 is 0 Å². The number of hydrogen-bond acceptors (Lipinski definition) is 1. The Labute approximate surface area is 80.3 Å². The van der Waals surface area contributed by atoms with Gasteiger partial charge in [-0.05, 0) is 37.4 Å². The average molecular weight is 175 g/mol. The zero-order valence-electron chi connectivity index (χ0n) is 8.22. The van der Waals surface area contributed by atoms with Gasteiger partial charge in [0.05, 0.1) is 0 Å². The first kappa shape index (κ1) is 10.0. The third-order valence-electron chi connectivity index (χ3n) is 2.12. The highest BCUT2D eigenvalue weighted by atomic mass is 14.5. The maximum atomic E-state index is 5.44. The van der Waals surface area contributed by atoms with E-state index in [-0.39, 0.29) is 0 Å². The number of benzene rings is 1. The molecule has 13 heavy (non-hydrogen) atoms. The van der Waals surface area contributed by atoms with Crippen LogP contribution in [0, 0.1) is 0 Å². The third kappa shape index (κ3) is 3.03. The van der Waals surface area contributed by atoms with Gasteiger partial charge in [-0.15, -0.1) is 0 Å². The van der Waals surface area contributed by atoms with Crippen LogP contribution in [0.4, 0.5) is 0 Å². The fourth-order valence-corrected chi connectivity index (χ4v) is 1.26. The molecular weight excluding hydrogens is 158 g/mol. The Kier molecular flexibility index (Phi) is 3.71. The first-order valence-electron chi connectivity index (χ1n) is 4.69. The molecule has 0 heterocycles. The van der Waals surface area contributed by atoms with Gasteiger partial charge in [0.25, 0.3) is 0 Å². The van der Waals surface area contributed by atoms with Crippen molar-refractivity contribution in [1.29, 1.82) is 0 Å². The molecule has 0 spiro atoms. The van der Waals surface area contributed by atoms with Crippen molar-refractivity contribution in [1.82, 2.24) is 0 Å². The van der Waals surface area contributed by atoms with E-state index in [0.29, 0.717) is 0 Å². The summed E-state index contributed by atoms with van der Waals surface area (Å²) in [7, 11) is 0. The lowest BCUT2D eigenvalue weighted by atomic mass is 10.0. The van der Waals surface area contributed by atoms with E-state index < -0.39 is 0 Å². The number of rotatable bonds is 4. The van der Waals surface area contributed by atoms with Crippen LogP contribution in [0.15, 0.2) is 30.8 Å². The Balaban J connectivity index is 2.64. The molecule has 0 saturated heterocycles. The van der Waals surface area contributed by atoms with Crippen molar-refractivity contribution in [2.24, 2.45) is 5.73 Å². The second-order valence-electron chi connectivity index (χ2n) is 3.37. The summed E-state index contributed by atoms with van der Waals surface area (Å²) in [5, 5.41) is 0. The highest BCUT2D eigenvalue weighted by molar-refractivity contribution is 5.61. The van der Waals surface area contributed by atoms with Crippen LogP contribution < -0.4 is 5.73 Å². The summed E-state index contributed by atoms with van der Waals surface area (Å²) < 4.78 is 0. The van der Waals surface area contributed by atoms with Crippen LogP contribution in [0.25, 0.3) is 5.57 Å². The molecule has 0 aliphatic heterocycles. The molecule has 0 amide bonds. The van der Waals surface area contributed by atoms with Gasteiger partial charge >= 0.3 is 0 Å². The van der Waals surface area contributed by atoms with Gasteiger partial charge in [0, 0.05) is 0 Å². The third-order valence-corrected chi connectivity index (χ3v) is 2.12. The fourth-order valence-electron chi connectivity index (χ4n) is 1.26. The molecule has 1 aromatic rings. The molecule has 0 aliphatic rings. The highest BCUT2D eigenvalue weighted by Crippen LogP contribution is 2.12. The maximum Gasteiger partial charge on any atom is -0.00741 e. The van der Waals surface area contributed by atoms with Crippen LogP contribution in [0.1, 0.15) is 24.5 Å². The van der Waals surface area contributed by atoms with Crippen molar-refractivity contribution in [3.8, 4) is 0 Å². The molecule has 0 atom stereocenters. The van der Waals surface area contributed by atoms with Crippen molar-refractivity contribution in [2.45, 2.75) is 19.8 Å². The monoisotopic (exact) mass is 175 g/mol. The second-order valence-corrected chi connectivity index (χ2v) is 3.37. The van der Waals surface area contributed by atoms with Gasteiger partial charge in [0.2, 0.25) is 0 Å². The molecule has 1 aromatic carbocycles. The van der Waals surface area contributed by atoms with Crippen LogP contribution in [0.2, 0.25) is 0 Å². The lowest BCUT2D eigenvalue weighted by Gasteiger charge is -2.02. The molecule has 0 unspecified atom stereocenters. The first-order chi connectivity index (χ1) is 6.24. The summed E-state index contributed by atoms with van der Waals surface area (Å²) >= 11 is 0. The summed E-state index contributed by atoms with van der Waals surface area (Å²) in [6.07, 6.45) is 2.14. The minimum absolute atomic E-state index is 0.766. The van der Waals surface area contributed by atoms with Crippen LogP contribution in [0.5, 0.6) is 0 Å². The van der Waals surface area contributed by atoms with Crippen molar-refractivity contribution in [3.63, 3.8) is 0 Å². The van der Waals surface area contributed by atoms with Gasteiger partial charge in [-0.2, -0.15) is 0 Å². The molecule has 70 valence electrons. The average Bonchev–Trinajstić information content (AvgIpc) is 2.15. The molecule has 0 radical (unpaired) electrons. The SMILES string of the molecule is C=C(C)c1ccc(CCCN)cc1. The van der Waals surface area contributed by atoms with Gasteiger partial charge < -0.3 is 5.73 Å². The lowest BCUT2D eigenvalue weighted by molar-refractivity contribution is 0.832. The molecule has 1 nitrogen and oxygen atoms in total. The van der Waals surface area contributed by atoms with E-state index in [1.54, 1.807) is 0 Å². The quantitative estimate of drug-likeness (QED) is 0.748. The van der Waals surface area contributed by atoms with Crippen molar-refractivity contribution in [2.75, 3.05) is 6.54 Å². The van der Waals surface area contributed by atoms with Crippen LogP contribution in [-0.2, 0) is 6.42 Å². The minimum atomic E-state index is 0.766. The van der Waals surface area contributed by atoms with Crippen LogP contribution in [0.3, 0.4) is 0 Å². The normalized spacial score (nSPS) is 10.0. The van der Waals surface area contributed by atoms with Gasteiger partial charge in [-0.25, -0.2) is 0 Å². The minimum Gasteiger partial charge on any atom is -0.330 e. The molecule has 0 aromatic heterocycles.